The van der Waals surface area contributed by atoms with Gasteiger partial charge in [0.2, 0.25) is 0 Å². The molecule has 9 heteroatoms. The number of anilines is 1. The molecule has 0 fully saturated rings. The van der Waals surface area contributed by atoms with Crippen LogP contribution in [0, 0.1) is 0 Å². The summed E-state index contributed by atoms with van der Waals surface area (Å²) in [6, 6.07) is 7.93. The van der Waals surface area contributed by atoms with Crippen molar-refractivity contribution in [3.63, 3.8) is 0 Å². The smallest absolute Gasteiger partial charge is 0.416 e. The molecule has 2 aromatic carbocycles. The largest absolute Gasteiger partial charge is 0.507 e. The Balaban J connectivity index is 2.04. The van der Waals surface area contributed by atoms with Gasteiger partial charge in [0.15, 0.2) is 6.10 Å². The Kier molecular flexibility index (Phi) is 5.94. The minimum absolute atomic E-state index is 0.0926. The van der Waals surface area contributed by atoms with Gasteiger partial charge in [-0.15, -0.1) is 0 Å². The Bertz CT molecular complexity index is 851. The molecule has 0 aliphatic carbocycles. The number of methoxy groups -OCH3 is 1. The number of amides is 1. The fourth-order valence-electron chi connectivity index (χ4n) is 2.11. The minimum Gasteiger partial charge on any atom is -0.507 e. The molecule has 0 radical (unpaired) electrons. The third-order valence-electron chi connectivity index (χ3n) is 3.54. The summed E-state index contributed by atoms with van der Waals surface area (Å²) >= 11 is 0. The van der Waals surface area contributed by atoms with Gasteiger partial charge in [0.25, 0.3) is 5.91 Å². The lowest BCUT2D eigenvalue weighted by Gasteiger charge is -2.15. The molecule has 0 unspecified atom stereocenters. The van der Waals surface area contributed by atoms with Crippen LogP contribution in [0.4, 0.5) is 18.9 Å². The number of nitrogens with one attached hydrogen (secondary N) is 1. The number of hydrogen-bond donors (Lipinski definition) is 2. The van der Waals surface area contributed by atoms with Gasteiger partial charge in [0.05, 0.1) is 12.7 Å². The normalized spacial score (nSPS) is 12.2. The van der Waals surface area contributed by atoms with Crippen LogP contribution >= 0.6 is 0 Å². The summed E-state index contributed by atoms with van der Waals surface area (Å²) in [5.41, 5.74) is -1.20. The van der Waals surface area contributed by atoms with Crippen molar-refractivity contribution in [2.45, 2.75) is 19.2 Å². The second kappa shape index (κ2) is 7.98. The number of benzene rings is 2. The highest BCUT2D eigenvalue weighted by Gasteiger charge is 2.30. The van der Waals surface area contributed by atoms with Crippen LogP contribution in [-0.2, 0) is 15.7 Å². The van der Waals surface area contributed by atoms with Crippen molar-refractivity contribution in [1.29, 1.82) is 0 Å². The number of phenolic OH excluding ortho intramolecular Hbond substituents is 1. The number of halogens is 3. The molecular formula is C18H16F3NO5. The standard InChI is InChI=1S/C18H16F3NO5/c1-10(27-17(25)14-7-6-13(26-2)9-15(14)23)16(24)22-12-5-3-4-11(8-12)18(19,20)21/h3-10,23H,1-2H3,(H,22,24)/t10-/m0/s1. The fraction of sp³-hybridized carbons (Fsp3) is 0.222. The van der Waals surface area contributed by atoms with Crippen LogP contribution in [0.25, 0.3) is 0 Å². The minimum atomic E-state index is -4.55. The number of alkyl halides is 3. The number of carbonyl (C=O) groups excluding carboxylic acids is 2. The molecule has 0 spiro atoms. The average molecular weight is 383 g/mol. The predicted octanol–water partition coefficient (Wildman–Crippen LogP) is 3.60. The van der Waals surface area contributed by atoms with Gasteiger partial charge in [0.1, 0.15) is 17.1 Å². The summed E-state index contributed by atoms with van der Waals surface area (Å²) in [7, 11) is 1.38. The van der Waals surface area contributed by atoms with Crippen LogP contribution in [0.2, 0.25) is 0 Å². The molecule has 2 rings (SSSR count). The first kappa shape index (κ1) is 20.1. The molecule has 27 heavy (non-hydrogen) atoms. The summed E-state index contributed by atoms with van der Waals surface area (Å²) in [4.78, 5) is 24.1. The number of carbonyl (C=O) groups is 2. The summed E-state index contributed by atoms with van der Waals surface area (Å²) in [5, 5.41) is 12.0. The van der Waals surface area contributed by atoms with E-state index in [1.54, 1.807) is 0 Å². The summed E-state index contributed by atoms with van der Waals surface area (Å²) < 4.78 is 47.9. The van der Waals surface area contributed by atoms with Crippen LogP contribution in [0.15, 0.2) is 42.5 Å². The molecule has 6 nitrogen and oxygen atoms in total. The molecule has 144 valence electrons. The van der Waals surface area contributed by atoms with E-state index in [1.165, 1.54) is 38.3 Å². The van der Waals surface area contributed by atoms with Crippen molar-refractivity contribution < 1.29 is 37.3 Å². The summed E-state index contributed by atoms with van der Waals surface area (Å²) in [5.74, 6) is -1.87. The first-order chi connectivity index (χ1) is 12.6. The van der Waals surface area contributed by atoms with E-state index < -0.39 is 35.5 Å². The first-order valence-corrected chi connectivity index (χ1v) is 7.68. The van der Waals surface area contributed by atoms with E-state index in [2.05, 4.69) is 5.32 Å². The van der Waals surface area contributed by atoms with E-state index >= 15 is 0 Å². The molecule has 2 N–H and O–H groups in total. The van der Waals surface area contributed by atoms with E-state index in [0.29, 0.717) is 5.75 Å². The number of rotatable bonds is 5. The van der Waals surface area contributed by atoms with Gasteiger partial charge in [-0.1, -0.05) is 6.07 Å². The quantitative estimate of drug-likeness (QED) is 0.771. The van der Waals surface area contributed by atoms with Gasteiger partial charge in [-0.3, -0.25) is 4.79 Å². The maximum atomic E-state index is 12.7. The molecular weight excluding hydrogens is 367 g/mol. The molecule has 0 bridgehead atoms. The molecule has 1 amide bonds. The molecule has 0 aromatic heterocycles. The predicted molar refractivity (Wildman–Crippen MR) is 89.6 cm³/mol. The number of phenols is 1. The van der Waals surface area contributed by atoms with E-state index in [0.717, 1.165) is 18.2 Å². The summed E-state index contributed by atoms with van der Waals surface area (Å²) in [6.45, 7) is 1.25. The fourth-order valence-corrected chi connectivity index (χ4v) is 2.11. The number of hydrogen-bond acceptors (Lipinski definition) is 5. The Morgan fingerprint density at radius 3 is 2.44 bits per heavy atom. The Hall–Kier alpha value is -3.23. The van der Waals surface area contributed by atoms with Gasteiger partial charge in [-0.25, -0.2) is 4.79 Å². The maximum Gasteiger partial charge on any atom is 0.416 e. The van der Waals surface area contributed by atoms with Gasteiger partial charge in [-0.2, -0.15) is 13.2 Å². The van der Waals surface area contributed by atoms with Crippen molar-refractivity contribution in [2.24, 2.45) is 0 Å². The lowest BCUT2D eigenvalue weighted by atomic mass is 10.2. The second-order valence-corrected chi connectivity index (χ2v) is 5.50. The molecule has 1 atom stereocenters. The van der Waals surface area contributed by atoms with Crippen LogP contribution in [-0.4, -0.2) is 30.2 Å². The molecule has 0 saturated heterocycles. The number of ether oxygens (including phenoxy) is 2. The molecule has 0 aliphatic heterocycles. The number of aromatic hydroxyl groups is 1. The Labute approximate surface area is 152 Å². The highest BCUT2D eigenvalue weighted by Crippen LogP contribution is 2.30. The van der Waals surface area contributed by atoms with Crippen LogP contribution in [0.1, 0.15) is 22.8 Å². The molecule has 0 saturated carbocycles. The van der Waals surface area contributed by atoms with Crippen molar-refractivity contribution >= 4 is 17.6 Å². The van der Waals surface area contributed by atoms with Gasteiger partial charge < -0.3 is 19.9 Å². The van der Waals surface area contributed by atoms with Crippen molar-refractivity contribution in [1.82, 2.24) is 0 Å². The van der Waals surface area contributed by atoms with E-state index in [1.807, 2.05) is 0 Å². The Morgan fingerprint density at radius 2 is 1.85 bits per heavy atom. The van der Waals surface area contributed by atoms with Crippen molar-refractivity contribution in [3.05, 3.63) is 53.6 Å². The van der Waals surface area contributed by atoms with Gasteiger partial charge in [0, 0.05) is 11.8 Å². The molecule has 0 aliphatic rings. The zero-order valence-corrected chi connectivity index (χ0v) is 14.3. The SMILES string of the molecule is COc1ccc(C(=O)O[C@@H](C)C(=O)Nc2cccc(C(F)(F)F)c2)c(O)c1. The van der Waals surface area contributed by atoms with E-state index in [9.17, 15) is 27.9 Å². The van der Waals surface area contributed by atoms with Crippen molar-refractivity contribution in [3.8, 4) is 11.5 Å². The summed E-state index contributed by atoms with van der Waals surface area (Å²) in [6.07, 6.45) is -5.86. The monoisotopic (exact) mass is 383 g/mol. The topological polar surface area (TPSA) is 84.9 Å². The van der Waals surface area contributed by atoms with Crippen LogP contribution in [0.3, 0.4) is 0 Å². The van der Waals surface area contributed by atoms with Gasteiger partial charge >= 0.3 is 12.1 Å². The highest BCUT2D eigenvalue weighted by atomic mass is 19.4. The maximum absolute atomic E-state index is 12.7. The highest BCUT2D eigenvalue weighted by molar-refractivity contribution is 5.98. The zero-order valence-electron chi connectivity index (χ0n) is 14.3. The van der Waals surface area contributed by atoms with Crippen LogP contribution < -0.4 is 10.1 Å². The van der Waals surface area contributed by atoms with Crippen LogP contribution in [0.5, 0.6) is 11.5 Å². The van der Waals surface area contributed by atoms with E-state index in [-0.39, 0.29) is 11.3 Å². The third-order valence-corrected chi connectivity index (χ3v) is 3.54. The van der Waals surface area contributed by atoms with Crippen molar-refractivity contribution in [2.75, 3.05) is 12.4 Å². The first-order valence-electron chi connectivity index (χ1n) is 7.68. The molecule has 2 aromatic rings. The zero-order chi connectivity index (χ0) is 20.2. The molecule has 0 heterocycles. The van der Waals surface area contributed by atoms with Gasteiger partial charge in [-0.05, 0) is 37.3 Å². The number of esters is 1. The lowest BCUT2D eigenvalue weighted by Crippen LogP contribution is -2.30. The average Bonchev–Trinajstić information content (AvgIpc) is 2.60. The third kappa shape index (κ3) is 5.13. The Morgan fingerprint density at radius 1 is 1.15 bits per heavy atom. The second-order valence-electron chi connectivity index (χ2n) is 5.50. The van der Waals surface area contributed by atoms with E-state index in [4.69, 9.17) is 9.47 Å². The lowest BCUT2D eigenvalue weighted by molar-refractivity contribution is -0.137.